The molecule has 160 valence electrons. The van der Waals surface area contributed by atoms with E-state index in [1.807, 2.05) is 55.5 Å². The van der Waals surface area contributed by atoms with Crippen molar-refractivity contribution in [3.8, 4) is 0 Å². The van der Waals surface area contributed by atoms with E-state index >= 15 is 0 Å². The minimum Gasteiger partial charge on any atom is -0.451 e. The number of carbonyl (C=O) groups excluding carboxylic acids is 2. The van der Waals surface area contributed by atoms with Crippen molar-refractivity contribution >= 4 is 23.6 Å². The molecule has 8 heteroatoms. The number of carbonyl (C=O) groups is 2. The fourth-order valence-corrected chi connectivity index (χ4v) is 2.99. The van der Waals surface area contributed by atoms with Gasteiger partial charge in [-0.3, -0.25) is 4.79 Å². The van der Waals surface area contributed by atoms with Crippen molar-refractivity contribution in [1.82, 2.24) is 25.5 Å². The van der Waals surface area contributed by atoms with Gasteiger partial charge in [-0.15, -0.1) is 5.10 Å². The van der Waals surface area contributed by atoms with Gasteiger partial charge < -0.3 is 10.1 Å². The van der Waals surface area contributed by atoms with Crippen LogP contribution in [0, 0.1) is 6.92 Å². The lowest BCUT2D eigenvalue weighted by atomic mass is 10.1. The molecule has 0 aliphatic heterocycles. The number of ether oxygens (including phenoxy) is 1. The topological polar surface area (TPSA) is 99.0 Å². The third kappa shape index (κ3) is 6.60. The second-order valence-electron chi connectivity index (χ2n) is 7.15. The van der Waals surface area contributed by atoms with Gasteiger partial charge in [0.05, 0.1) is 0 Å². The SMILES string of the molecule is Cc1nnnn1/C(=C\c1ccccc1)C(=O)OCC(=O)N[C@H](C)CCc1ccccc1. The molecular weight excluding hydrogens is 394 g/mol. The zero-order chi connectivity index (χ0) is 22.1. The molecule has 0 spiro atoms. The first-order valence-corrected chi connectivity index (χ1v) is 10.1. The Labute approximate surface area is 180 Å². The molecule has 1 N–H and O–H groups in total. The van der Waals surface area contributed by atoms with Crippen LogP contribution in [0.15, 0.2) is 60.7 Å². The Morgan fingerprint density at radius 1 is 1.10 bits per heavy atom. The van der Waals surface area contributed by atoms with Crippen LogP contribution in [0.5, 0.6) is 0 Å². The number of tetrazole rings is 1. The summed E-state index contributed by atoms with van der Waals surface area (Å²) in [6.45, 7) is 3.21. The predicted molar refractivity (Wildman–Crippen MR) is 116 cm³/mol. The number of aryl methyl sites for hydroxylation is 2. The summed E-state index contributed by atoms with van der Waals surface area (Å²) in [5, 5.41) is 14.1. The number of benzene rings is 2. The average Bonchev–Trinajstić information content (AvgIpc) is 3.21. The monoisotopic (exact) mass is 419 g/mol. The number of hydrogen-bond acceptors (Lipinski definition) is 6. The predicted octanol–water partition coefficient (Wildman–Crippen LogP) is 2.66. The van der Waals surface area contributed by atoms with Crippen LogP contribution in [0.1, 0.15) is 30.3 Å². The lowest BCUT2D eigenvalue weighted by Crippen LogP contribution is -2.36. The minimum absolute atomic E-state index is 0.0486. The standard InChI is InChI=1S/C23H25N5O3/c1-17(13-14-19-9-5-3-6-10-19)24-22(29)16-31-23(30)21(28-18(2)25-26-27-28)15-20-11-7-4-8-12-20/h3-12,15,17H,13-14,16H2,1-2H3,(H,24,29)/b21-15-/t17-/m1/s1. The van der Waals surface area contributed by atoms with E-state index in [2.05, 4.69) is 33.0 Å². The Morgan fingerprint density at radius 2 is 1.77 bits per heavy atom. The molecule has 2 aromatic carbocycles. The fourth-order valence-electron chi connectivity index (χ4n) is 2.99. The number of amides is 1. The normalized spacial score (nSPS) is 12.3. The van der Waals surface area contributed by atoms with Gasteiger partial charge in [0.15, 0.2) is 18.1 Å². The molecule has 0 bridgehead atoms. The number of hydrogen-bond donors (Lipinski definition) is 1. The highest BCUT2D eigenvalue weighted by atomic mass is 16.5. The highest BCUT2D eigenvalue weighted by molar-refractivity contribution is 6.15. The van der Waals surface area contributed by atoms with Gasteiger partial charge in [0.1, 0.15) is 0 Å². The molecule has 0 fully saturated rings. The van der Waals surface area contributed by atoms with Crippen molar-refractivity contribution in [2.75, 3.05) is 6.61 Å². The highest BCUT2D eigenvalue weighted by Gasteiger charge is 2.19. The van der Waals surface area contributed by atoms with Crippen molar-refractivity contribution in [2.24, 2.45) is 0 Å². The third-order valence-corrected chi connectivity index (χ3v) is 4.62. The van der Waals surface area contributed by atoms with Gasteiger partial charge in [0, 0.05) is 6.04 Å². The summed E-state index contributed by atoms with van der Waals surface area (Å²) < 4.78 is 6.53. The Morgan fingerprint density at radius 3 is 2.42 bits per heavy atom. The van der Waals surface area contributed by atoms with E-state index in [1.165, 1.54) is 10.2 Å². The Kier molecular flexibility index (Phi) is 7.64. The zero-order valence-electron chi connectivity index (χ0n) is 17.6. The molecule has 0 aliphatic rings. The largest absolute Gasteiger partial charge is 0.451 e. The molecule has 0 radical (unpaired) electrons. The maximum absolute atomic E-state index is 12.7. The Bertz CT molecular complexity index is 1030. The van der Waals surface area contributed by atoms with Crippen LogP contribution in [0.3, 0.4) is 0 Å². The molecule has 31 heavy (non-hydrogen) atoms. The van der Waals surface area contributed by atoms with E-state index < -0.39 is 5.97 Å². The average molecular weight is 419 g/mol. The summed E-state index contributed by atoms with van der Waals surface area (Å²) in [4.78, 5) is 25.0. The van der Waals surface area contributed by atoms with Crippen LogP contribution in [0.25, 0.3) is 11.8 Å². The second kappa shape index (κ2) is 10.8. The molecular formula is C23H25N5O3. The van der Waals surface area contributed by atoms with Gasteiger partial charge in [0.2, 0.25) is 0 Å². The quantitative estimate of drug-likeness (QED) is 0.423. The van der Waals surface area contributed by atoms with Crippen LogP contribution in [-0.4, -0.2) is 44.7 Å². The van der Waals surface area contributed by atoms with E-state index in [9.17, 15) is 9.59 Å². The van der Waals surface area contributed by atoms with Gasteiger partial charge in [-0.25, -0.2) is 4.79 Å². The zero-order valence-corrected chi connectivity index (χ0v) is 17.6. The Balaban J connectivity index is 1.57. The summed E-state index contributed by atoms with van der Waals surface area (Å²) in [5.74, 6) is -0.620. The molecule has 3 aromatic rings. The molecule has 0 saturated heterocycles. The summed E-state index contributed by atoms with van der Waals surface area (Å²) >= 11 is 0. The number of nitrogens with one attached hydrogen (secondary N) is 1. The smallest absolute Gasteiger partial charge is 0.357 e. The molecule has 1 aromatic heterocycles. The number of rotatable bonds is 9. The van der Waals surface area contributed by atoms with Gasteiger partial charge in [-0.1, -0.05) is 60.7 Å². The summed E-state index contributed by atoms with van der Waals surface area (Å²) in [6.07, 6.45) is 3.25. The van der Waals surface area contributed by atoms with E-state index in [1.54, 1.807) is 13.0 Å². The van der Waals surface area contributed by atoms with Gasteiger partial charge >= 0.3 is 5.97 Å². The van der Waals surface area contributed by atoms with Crippen molar-refractivity contribution in [3.63, 3.8) is 0 Å². The first-order chi connectivity index (χ1) is 15.0. The van der Waals surface area contributed by atoms with E-state index in [0.717, 1.165) is 18.4 Å². The van der Waals surface area contributed by atoms with Crippen molar-refractivity contribution < 1.29 is 14.3 Å². The summed E-state index contributed by atoms with van der Waals surface area (Å²) in [5.41, 5.74) is 2.12. The van der Waals surface area contributed by atoms with Crippen LogP contribution < -0.4 is 5.32 Å². The second-order valence-corrected chi connectivity index (χ2v) is 7.15. The molecule has 1 atom stereocenters. The lowest BCUT2D eigenvalue weighted by molar-refractivity contribution is -0.143. The fraction of sp³-hybridized carbons (Fsp3) is 0.261. The molecule has 1 heterocycles. The summed E-state index contributed by atoms with van der Waals surface area (Å²) in [6, 6.07) is 19.3. The van der Waals surface area contributed by atoms with Crippen molar-refractivity contribution in [1.29, 1.82) is 0 Å². The van der Waals surface area contributed by atoms with Gasteiger partial charge in [0.25, 0.3) is 5.91 Å². The van der Waals surface area contributed by atoms with Crippen LogP contribution in [0.4, 0.5) is 0 Å². The van der Waals surface area contributed by atoms with E-state index in [-0.39, 0.29) is 24.3 Å². The van der Waals surface area contributed by atoms with Gasteiger partial charge in [-0.05, 0) is 54.3 Å². The Hall–Kier alpha value is -3.81. The molecule has 3 rings (SSSR count). The maximum atomic E-state index is 12.7. The van der Waals surface area contributed by atoms with Crippen LogP contribution in [0.2, 0.25) is 0 Å². The first kappa shape index (κ1) is 21.9. The number of aromatic nitrogens is 4. The van der Waals surface area contributed by atoms with Crippen molar-refractivity contribution in [3.05, 3.63) is 77.6 Å². The molecule has 0 saturated carbocycles. The van der Waals surface area contributed by atoms with Gasteiger partial charge in [-0.2, -0.15) is 4.68 Å². The van der Waals surface area contributed by atoms with E-state index in [0.29, 0.717) is 5.82 Å². The lowest BCUT2D eigenvalue weighted by Gasteiger charge is -2.14. The molecule has 0 unspecified atom stereocenters. The number of esters is 1. The number of nitrogens with zero attached hydrogens (tertiary/aromatic N) is 4. The van der Waals surface area contributed by atoms with Crippen molar-refractivity contribution in [2.45, 2.75) is 32.7 Å². The maximum Gasteiger partial charge on any atom is 0.357 e. The molecule has 0 aliphatic carbocycles. The summed E-state index contributed by atoms with van der Waals surface area (Å²) in [7, 11) is 0. The minimum atomic E-state index is -0.689. The third-order valence-electron chi connectivity index (χ3n) is 4.62. The van der Waals surface area contributed by atoms with Crippen LogP contribution >= 0.6 is 0 Å². The highest BCUT2D eigenvalue weighted by Crippen LogP contribution is 2.13. The molecule has 8 nitrogen and oxygen atoms in total. The van der Waals surface area contributed by atoms with E-state index in [4.69, 9.17) is 4.74 Å². The molecule has 1 amide bonds. The first-order valence-electron chi connectivity index (χ1n) is 10.1. The van der Waals surface area contributed by atoms with Crippen LogP contribution in [-0.2, 0) is 20.7 Å².